The van der Waals surface area contributed by atoms with Gasteiger partial charge in [-0.2, -0.15) is 0 Å². The second-order valence-corrected chi connectivity index (χ2v) is 5.32. The Hall–Kier alpha value is -1.95. The highest BCUT2D eigenvalue weighted by Gasteiger charge is 2.32. The molecule has 2 rings (SSSR count). The summed E-state index contributed by atoms with van der Waals surface area (Å²) in [5.41, 5.74) is 0.193. The summed E-state index contributed by atoms with van der Waals surface area (Å²) < 4.78 is 15.9. The molecule has 1 atom stereocenters. The van der Waals surface area contributed by atoms with Gasteiger partial charge in [0, 0.05) is 6.54 Å². The monoisotopic (exact) mass is 294 g/mol. The number of amides is 1. The van der Waals surface area contributed by atoms with Crippen LogP contribution in [0.1, 0.15) is 23.7 Å². The number of carbonyl (C=O) groups excluding carboxylic acids is 1. The van der Waals surface area contributed by atoms with Crippen molar-refractivity contribution < 1.29 is 19.0 Å². The van der Waals surface area contributed by atoms with Crippen LogP contribution >= 0.6 is 0 Å². The number of benzene rings is 1. The fourth-order valence-corrected chi connectivity index (χ4v) is 2.55. The van der Waals surface area contributed by atoms with E-state index >= 15 is 0 Å². The standard InChI is InChI=1S/C15H22N2O4/c1-15(7-8-16-9-15)17-14(18)10-5-6-11(19-2)13(21-4)12(10)20-3/h5-6,16H,7-9H2,1-4H3,(H,17,18). The molecule has 6 nitrogen and oxygen atoms in total. The molecule has 1 aliphatic heterocycles. The second kappa shape index (κ2) is 6.22. The first kappa shape index (κ1) is 15.4. The first-order valence-electron chi connectivity index (χ1n) is 6.87. The molecule has 6 heteroatoms. The minimum atomic E-state index is -0.241. The zero-order valence-electron chi connectivity index (χ0n) is 12.9. The third kappa shape index (κ3) is 3.05. The zero-order valence-corrected chi connectivity index (χ0v) is 12.9. The normalized spacial score (nSPS) is 21.0. The summed E-state index contributed by atoms with van der Waals surface area (Å²) >= 11 is 0. The molecule has 1 heterocycles. The van der Waals surface area contributed by atoms with Gasteiger partial charge in [-0.3, -0.25) is 4.79 Å². The molecule has 0 aromatic heterocycles. The minimum Gasteiger partial charge on any atom is -0.493 e. The number of methoxy groups -OCH3 is 3. The molecular formula is C15H22N2O4. The fourth-order valence-electron chi connectivity index (χ4n) is 2.55. The Morgan fingerprint density at radius 2 is 1.90 bits per heavy atom. The molecule has 1 aliphatic rings. The van der Waals surface area contributed by atoms with Gasteiger partial charge in [0.25, 0.3) is 5.91 Å². The van der Waals surface area contributed by atoms with Crippen LogP contribution in [-0.2, 0) is 0 Å². The summed E-state index contributed by atoms with van der Waals surface area (Å²) in [6.07, 6.45) is 0.897. The summed E-state index contributed by atoms with van der Waals surface area (Å²) in [5, 5.41) is 6.31. The summed E-state index contributed by atoms with van der Waals surface area (Å²) in [7, 11) is 4.57. The van der Waals surface area contributed by atoms with Crippen LogP contribution in [0.3, 0.4) is 0 Å². The highest BCUT2D eigenvalue weighted by atomic mass is 16.5. The minimum absolute atomic E-state index is 0.181. The maximum absolute atomic E-state index is 12.5. The van der Waals surface area contributed by atoms with Crippen LogP contribution in [0.25, 0.3) is 0 Å². The third-order valence-corrected chi connectivity index (χ3v) is 3.73. The van der Waals surface area contributed by atoms with E-state index in [1.807, 2.05) is 6.92 Å². The first-order valence-corrected chi connectivity index (χ1v) is 6.87. The quantitative estimate of drug-likeness (QED) is 0.854. The number of carbonyl (C=O) groups is 1. The average molecular weight is 294 g/mol. The molecule has 1 fully saturated rings. The van der Waals surface area contributed by atoms with Crippen LogP contribution in [0.15, 0.2) is 12.1 Å². The molecule has 116 valence electrons. The maximum Gasteiger partial charge on any atom is 0.255 e. The van der Waals surface area contributed by atoms with E-state index in [-0.39, 0.29) is 11.4 Å². The average Bonchev–Trinajstić information content (AvgIpc) is 2.91. The smallest absolute Gasteiger partial charge is 0.255 e. The Labute approximate surface area is 124 Å². The van der Waals surface area contributed by atoms with E-state index in [0.717, 1.165) is 19.5 Å². The van der Waals surface area contributed by atoms with E-state index in [0.29, 0.717) is 22.8 Å². The van der Waals surface area contributed by atoms with Gasteiger partial charge in [0.2, 0.25) is 5.75 Å². The molecule has 0 aliphatic carbocycles. The lowest BCUT2D eigenvalue weighted by atomic mass is 10.0. The van der Waals surface area contributed by atoms with Crippen molar-refractivity contribution in [3.05, 3.63) is 17.7 Å². The van der Waals surface area contributed by atoms with Crippen LogP contribution < -0.4 is 24.8 Å². The number of rotatable bonds is 5. The summed E-state index contributed by atoms with van der Waals surface area (Å²) in [5.74, 6) is 1.14. The van der Waals surface area contributed by atoms with Crippen LogP contribution in [0.4, 0.5) is 0 Å². The fraction of sp³-hybridized carbons (Fsp3) is 0.533. The van der Waals surface area contributed by atoms with Gasteiger partial charge in [0.05, 0.1) is 32.4 Å². The van der Waals surface area contributed by atoms with Crippen molar-refractivity contribution in [3.8, 4) is 17.2 Å². The van der Waals surface area contributed by atoms with Gasteiger partial charge in [0.15, 0.2) is 11.5 Å². The molecule has 0 bridgehead atoms. The molecule has 1 amide bonds. The highest BCUT2D eigenvalue weighted by molar-refractivity contribution is 5.98. The van der Waals surface area contributed by atoms with Crippen molar-refractivity contribution in [2.24, 2.45) is 0 Å². The van der Waals surface area contributed by atoms with E-state index in [1.54, 1.807) is 19.2 Å². The van der Waals surface area contributed by atoms with E-state index in [2.05, 4.69) is 10.6 Å². The van der Waals surface area contributed by atoms with Gasteiger partial charge >= 0.3 is 0 Å². The van der Waals surface area contributed by atoms with E-state index in [9.17, 15) is 4.79 Å². The molecule has 1 aromatic rings. The van der Waals surface area contributed by atoms with Crippen LogP contribution in [0.2, 0.25) is 0 Å². The first-order chi connectivity index (χ1) is 10.0. The maximum atomic E-state index is 12.5. The number of hydrogen-bond acceptors (Lipinski definition) is 5. The summed E-state index contributed by atoms with van der Waals surface area (Å²) in [6, 6.07) is 3.38. The molecule has 1 saturated heterocycles. The van der Waals surface area contributed by atoms with Crippen molar-refractivity contribution in [2.45, 2.75) is 18.9 Å². The zero-order chi connectivity index (χ0) is 15.5. The largest absolute Gasteiger partial charge is 0.493 e. The molecule has 1 unspecified atom stereocenters. The Morgan fingerprint density at radius 1 is 1.19 bits per heavy atom. The van der Waals surface area contributed by atoms with Gasteiger partial charge < -0.3 is 24.8 Å². The summed E-state index contributed by atoms with van der Waals surface area (Å²) in [6.45, 7) is 3.69. The summed E-state index contributed by atoms with van der Waals surface area (Å²) in [4.78, 5) is 12.5. The predicted octanol–water partition coefficient (Wildman–Crippen LogP) is 1.19. The van der Waals surface area contributed by atoms with Gasteiger partial charge in [-0.1, -0.05) is 0 Å². The van der Waals surface area contributed by atoms with Crippen molar-refractivity contribution in [2.75, 3.05) is 34.4 Å². The molecular weight excluding hydrogens is 272 g/mol. The molecule has 2 N–H and O–H groups in total. The Morgan fingerprint density at radius 3 is 2.43 bits per heavy atom. The number of hydrogen-bond donors (Lipinski definition) is 2. The molecule has 0 saturated carbocycles. The molecule has 0 radical (unpaired) electrons. The van der Waals surface area contributed by atoms with Crippen molar-refractivity contribution in [1.29, 1.82) is 0 Å². The highest BCUT2D eigenvalue weighted by Crippen LogP contribution is 2.39. The number of ether oxygens (including phenoxy) is 3. The van der Waals surface area contributed by atoms with Crippen LogP contribution in [-0.4, -0.2) is 45.9 Å². The Balaban J connectivity index is 2.32. The van der Waals surface area contributed by atoms with Crippen molar-refractivity contribution in [3.63, 3.8) is 0 Å². The molecule has 0 spiro atoms. The lowest BCUT2D eigenvalue weighted by Crippen LogP contribution is -2.47. The SMILES string of the molecule is COc1ccc(C(=O)NC2(C)CCNC2)c(OC)c1OC. The number of nitrogens with one attached hydrogen (secondary N) is 2. The second-order valence-electron chi connectivity index (χ2n) is 5.32. The topological polar surface area (TPSA) is 68.8 Å². The van der Waals surface area contributed by atoms with Crippen LogP contribution in [0.5, 0.6) is 17.2 Å². The third-order valence-electron chi connectivity index (χ3n) is 3.73. The van der Waals surface area contributed by atoms with Gasteiger partial charge in [-0.05, 0) is 32.0 Å². The molecule has 1 aromatic carbocycles. The lowest BCUT2D eigenvalue weighted by Gasteiger charge is -2.25. The molecule has 21 heavy (non-hydrogen) atoms. The van der Waals surface area contributed by atoms with Gasteiger partial charge in [0.1, 0.15) is 0 Å². The van der Waals surface area contributed by atoms with Crippen molar-refractivity contribution >= 4 is 5.91 Å². The van der Waals surface area contributed by atoms with Crippen LogP contribution in [0, 0.1) is 0 Å². The van der Waals surface area contributed by atoms with Gasteiger partial charge in [-0.15, -0.1) is 0 Å². The Bertz CT molecular complexity index is 525. The van der Waals surface area contributed by atoms with E-state index < -0.39 is 0 Å². The Kier molecular flexibility index (Phi) is 4.57. The van der Waals surface area contributed by atoms with E-state index in [1.165, 1.54) is 14.2 Å². The lowest BCUT2D eigenvalue weighted by molar-refractivity contribution is 0.0909. The van der Waals surface area contributed by atoms with Crippen molar-refractivity contribution in [1.82, 2.24) is 10.6 Å². The van der Waals surface area contributed by atoms with Gasteiger partial charge in [-0.25, -0.2) is 0 Å². The predicted molar refractivity (Wildman–Crippen MR) is 79.5 cm³/mol. The van der Waals surface area contributed by atoms with E-state index in [4.69, 9.17) is 14.2 Å².